The molecule has 5 nitrogen and oxygen atoms in total. The molecular formula is C12H23N3O2. The molecule has 0 bridgehead atoms. The van der Waals surface area contributed by atoms with E-state index in [1.807, 2.05) is 25.7 Å². The van der Waals surface area contributed by atoms with Gasteiger partial charge in [-0.25, -0.2) is 0 Å². The third-order valence-corrected chi connectivity index (χ3v) is 2.98. The first-order valence-electron chi connectivity index (χ1n) is 5.89. The molecular weight excluding hydrogens is 218 g/mol. The Hall–Kier alpha value is -1.07. The number of aliphatic hydroxyl groups is 1. The van der Waals surface area contributed by atoms with Crippen molar-refractivity contribution in [3.8, 4) is 5.75 Å². The van der Waals surface area contributed by atoms with Crippen LogP contribution in [0.15, 0.2) is 6.20 Å². The van der Waals surface area contributed by atoms with E-state index in [1.54, 1.807) is 20.2 Å². The third-order valence-electron chi connectivity index (χ3n) is 2.98. The summed E-state index contributed by atoms with van der Waals surface area (Å²) < 4.78 is 7.21. The second-order valence-corrected chi connectivity index (χ2v) is 4.65. The standard InChI is InChI=1S/C12H23N3O2/c1-9(10(2)16)12-11(17-5)8-13-15(12)7-6-14(3)4/h8-10,16H,6-7H2,1-5H3. The number of likely N-dealkylation sites (N-methyl/N-ethyl adjacent to an activating group) is 1. The van der Waals surface area contributed by atoms with Gasteiger partial charge in [0.05, 0.1) is 31.6 Å². The lowest BCUT2D eigenvalue weighted by molar-refractivity contribution is 0.162. The smallest absolute Gasteiger partial charge is 0.160 e. The second kappa shape index (κ2) is 6.02. The van der Waals surface area contributed by atoms with Gasteiger partial charge in [0.25, 0.3) is 0 Å². The Morgan fingerprint density at radius 2 is 2.12 bits per heavy atom. The molecule has 2 atom stereocenters. The molecule has 1 N–H and O–H groups in total. The molecule has 0 saturated carbocycles. The van der Waals surface area contributed by atoms with Gasteiger partial charge >= 0.3 is 0 Å². The van der Waals surface area contributed by atoms with E-state index in [2.05, 4.69) is 10.00 Å². The van der Waals surface area contributed by atoms with Crippen LogP contribution in [0.25, 0.3) is 0 Å². The van der Waals surface area contributed by atoms with Gasteiger partial charge in [0, 0.05) is 12.5 Å². The van der Waals surface area contributed by atoms with Gasteiger partial charge in [-0.2, -0.15) is 5.10 Å². The molecule has 0 aromatic carbocycles. The van der Waals surface area contributed by atoms with E-state index in [4.69, 9.17) is 4.74 Å². The van der Waals surface area contributed by atoms with E-state index in [-0.39, 0.29) is 5.92 Å². The van der Waals surface area contributed by atoms with Crippen LogP contribution in [-0.4, -0.2) is 53.6 Å². The molecule has 1 heterocycles. The van der Waals surface area contributed by atoms with Crippen LogP contribution in [0, 0.1) is 0 Å². The second-order valence-electron chi connectivity index (χ2n) is 4.65. The maximum absolute atomic E-state index is 9.71. The fourth-order valence-electron chi connectivity index (χ4n) is 1.70. The minimum Gasteiger partial charge on any atom is -0.493 e. The molecule has 1 aromatic rings. The molecule has 0 spiro atoms. The molecule has 0 aliphatic heterocycles. The van der Waals surface area contributed by atoms with E-state index in [9.17, 15) is 5.11 Å². The summed E-state index contributed by atoms with van der Waals surface area (Å²) in [5.74, 6) is 0.756. The van der Waals surface area contributed by atoms with Crippen LogP contribution in [0.4, 0.5) is 0 Å². The number of hydrogen-bond acceptors (Lipinski definition) is 4. The predicted octanol–water partition coefficient (Wildman–Crippen LogP) is 0.938. The zero-order valence-corrected chi connectivity index (χ0v) is 11.3. The molecule has 0 aliphatic rings. The first kappa shape index (κ1) is 14.0. The number of aliphatic hydroxyl groups excluding tert-OH is 1. The van der Waals surface area contributed by atoms with Crippen molar-refractivity contribution in [3.05, 3.63) is 11.9 Å². The van der Waals surface area contributed by atoms with Crippen LogP contribution in [0.1, 0.15) is 25.5 Å². The summed E-state index contributed by atoms with van der Waals surface area (Å²) in [6.07, 6.45) is 1.29. The van der Waals surface area contributed by atoms with Crippen LogP contribution in [0.3, 0.4) is 0 Å². The number of hydrogen-bond donors (Lipinski definition) is 1. The molecule has 0 saturated heterocycles. The molecule has 5 heteroatoms. The summed E-state index contributed by atoms with van der Waals surface area (Å²) >= 11 is 0. The lowest BCUT2D eigenvalue weighted by Gasteiger charge is -2.19. The zero-order chi connectivity index (χ0) is 13.0. The van der Waals surface area contributed by atoms with E-state index < -0.39 is 6.10 Å². The van der Waals surface area contributed by atoms with Gasteiger partial charge in [0.1, 0.15) is 0 Å². The molecule has 1 rings (SSSR count). The van der Waals surface area contributed by atoms with Gasteiger partial charge in [0.2, 0.25) is 0 Å². The maximum Gasteiger partial charge on any atom is 0.160 e. The topological polar surface area (TPSA) is 50.5 Å². The lowest BCUT2D eigenvalue weighted by Crippen LogP contribution is -2.23. The largest absolute Gasteiger partial charge is 0.493 e. The molecule has 0 amide bonds. The Balaban J connectivity index is 2.93. The Morgan fingerprint density at radius 1 is 1.47 bits per heavy atom. The molecule has 2 unspecified atom stereocenters. The Morgan fingerprint density at radius 3 is 2.59 bits per heavy atom. The molecule has 1 aromatic heterocycles. The number of ether oxygens (including phenoxy) is 1. The van der Waals surface area contributed by atoms with Gasteiger partial charge < -0.3 is 14.7 Å². The van der Waals surface area contributed by atoms with Gasteiger partial charge in [-0.3, -0.25) is 4.68 Å². The van der Waals surface area contributed by atoms with Crippen LogP contribution in [0.5, 0.6) is 5.75 Å². The summed E-state index contributed by atoms with van der Waals surface area (Å²) in [6.45, 7) is 5.47. The fourth-order valence-corrected chi connectivity index (χ4v) is 1.70. The monoisotopic (exact) mass is 241 g/mol. The summed E-state index contributed by atoms with van der Waals surface area (Å²) in [4.78, 5) is 2.10. The van der Waals surface area contributed by atoms with Crippen LogP contribution >= 0.6 is 0 Å². The molecule has 98 valence electrons. The molecule has 0 aliphatic carbocycles. The van der Waals surface area contributed by atoms with Gasteiger partial charge in [-0.1, -0.05) is 6.92 Å². The van der Waals surface area contributed by atoms with Crippen molar-refractivity contribution in [2.24, 2.45) is 0 Å². The molecule has 0 radical (unpaired) electrons. The summed E-state index contributed by atoms with van der Waals surface area (Å²) in [6, 6.07) is 0. The van der Waals surface area contributed by atoms with Gasteiger partial charge in [-0.15, -0.1) is 0 Å². The van der Waals surface area contributed by atoms with Crippen molar-refractivity contribution < 1.29 is 9.84 Å². The first-order chi connectivity index (χ1) is 7.97. The lowest BCUT2D eigenvalue weighted by atomic mass is 10.0. The Bertz CT molecular complexity index is 348. The van der Waals surface area contributed by atoms with Crippen molar-refractivity contribution >= 4 is 0 Å². The Kier molecular flexibility index (Phi) is 4.96. The third kappa shape index (κ3) is 3.44. The predicted molar refractivity (Wildman–Crippen MR) is 67.4 cm³/mol. The van der Waals surface area contributed by atoms with E-state index >= 15 is 0 Å². The maximum atomic E-state index is 9.71. The highest BCUT2D eigenvalue weighted by molar-refractivity contribution is 5.29. The van der Waals surface area contributed by atoms with E-state index in [0.29, 0.717) is 0 Å². The number of aromatic nitrogens is 2. The number of methoxy groups -OCH3 is 1. The van der Waals surface area contributed by atoms with Gasteiger partial charge in [-0.05, 0) is 21.0 Å². The summed E-state index contributed by atoms with van der Waals surface area (Å²) in [7, 11) is 5.68. The first-order valence-corrected chi connectivity index (χ1v) is 5.89. The van der Waals surface area contributed by atoms with Crippen LogP contribution < -0.4 is 4.74 Å². The summed E-state index contributed by atoms with van der Waals surface area (Å²) in [5.41, 5.74) is 0.962. The molecule has 0 fully saturated rings. The number of nitrogens with zero attached hydrogens (tertiary/aromatic N) is 3. The minimum absolute atomic E-state index is 0.00890. The van der Waals surface area contributed by atoms with Gasteiger partial charge in [0.15, 0.2) is 5.75 Å². The molecule has 17 heavy (non-hydrogen) atoms. The van der Waals surface area contributed by atoms with E-state index in [0.717, 1.165) is 24.5 Å². The van der Waals surface area contributed by atoms with Crippen LogP contribution in [0.2, 0.25) is 0 Å². The van der Waals surface area contributed by atoms with Crippen LogP contribution in [-0.2, 0) is 6.54 Å². The Labute approximate surface area is 103 Å². The average Bonchev–Trinajstić information content (AvgIpc) is 2.67. The van der Waals surface area contributed by atoms with Crippen molar-refractivity contribution in [1.29, 1.82) is 0 Å². The zero-order valence-electron chi connectivity index (χ0n) is 11.3. The SMILES string of the molecule is COc1cnn(CCN(C)C)c1C(C)C(C)O. The average molecular weight is 241 g/mol. The normalized spacial score (nSPS) is 15.0. The minimum atomic E-state index is -0.418. The fraction of sp³-hybridized carbons (Fsp3) is 0.750. The van der Waals surface area contributed by atoms with E-state index in [1.165, 1.54) is 0 Å². The van der Waals surface area contributed by atoms with Crippen molar-refractivity contribution in [2.75, 3.05) is 27.7 Å². The van der Waals surface area contributed by atoms with Crippen molar-refractivity contribution in [2.45, 2.75) is 32.4 Å². The highest BCUT2D eigenvalue weighted by atomic mass is 16.5. The highest BCUT2D eigenvalue weighted by Gasteiger charge is 2.21. The quantitative estimate of drug-likeness (QED) is 0.805. The van der Waals surface area contributed by atoms with Crippen molar-refractivity contribution in [1.82, 2.24) is 14.7 Å². The summed E-state index contributed by atoms with van der Waals surface area (Å²) in [5, 5.41) is 14.0. The van der Waals surface area contributed by atoms with Crippen molar-refractivity contribution in [3.63, 3.8) is 0 Å². The number of rotatable bonds is 6. The highest BCUT2D eigenvalue weighted by Crippen LogP contribution is 2.28.